The van der Waals surface area contributed by atoms with Gasteiger partial charge in [-0.15, -0.1) is 0 Å². The van der Waals surface area contributed by atoms with Crippen molar-refractivity contribution in [3.63, 3.8) is 0 Å². The Bertz CT molecular complexity index is 401. The summed E-state index contributed by atoms with van der Waals surface area (Å²) in [6.07, 6.45) is 0. The molecule has 1 atom stereocenters. The molecule has 3 nitrogen and oxygen atoms in total. The summed E-state index contributed by atoms with van der Waals surface area (Å²) in [7, 11) is 0. The first-order chi connectivity index (χ1) is 7.59. The van der Waals surface area contributed by atoms with E-state index in [0.29, 0.717) is 12.6 Å². The molecule has 1 N–H and O–H groups in total. The largest absolute Gasteiger partial charge is 0.481 e. The van der Waals surface area contributed by atoms with Gasteiger partial charge in [-0.1, -0.05) is 24.3 Å². The molecule has 0 aliphatic carbocycles. The Kier molecular flexibility index (Phi) is 2.97. The van der Waals surface area contributed by atoms with E-state index in [2.05, 4.69) is 18.7 Å². The number of carboxylic acids is 1. The summed E-state index contributed by atoms with van der Waals surface area (Å²) in [6, 6.07) is 8.24. The van der Waals surface area contributed by atoms with E-state index < -0.39 is 5.97 Å². The summed E-state index contributed by atoms with van der Waals surface area (Å²) in [5, 5.41) is 9.26. The predicted octanol–water partition coefficient (Wildman–Crippen LogP) is 2.08. The standard InChI is InChI=1S/C13H17NO2/c1-9(2)14-7-10-5-3-4-6-11(10)12(8-14)13(15)16/h3-6,9,12H,7-8H2,1-2H3,(H,15,16). The summed E-state index contributed by atoms with van der Waals surface area (Å²) in [6.45, 7) is 5.68. The molecule has 0 aromatic heterocycles. The molecule has 1 aromatic carbocycles. The quantitative estimate of drug-likeness (QED) is 0.828. The average molecular weight is 219 g/mol. The van der Waals surface area contributed by atoms with Crippen LogP contribution in [0.5, 0.6) is 0 Å². The minimum Gasteiger partial charge on any atom is -0.481 e. The molecule has 0 amide bonds. The summed E-state index contributed by atoms with van der Waals surface area (Å²) in [5.74, 6) is -1.11. The highest BCUT2D eigenvalue weighted by atomic mass is 16.4. The summed E-state index contributed by atoms with van der Waals surface area (Å²) >= 11 is 0. The third-order valence-corrected chi connectivity index (χ3v) is 3.25. The van der Waals surface area contributed by atoms with Crippen LogP contribution in [0.1, 0.15) is 30.9 Å². The second-order valence-electron chi connectivity index (χ2n) is 4.61. The lowest BCUT2D eigenvalue weighted by atomic mass is 9.89. The number of rotatable bonds is 2. The van der Waals surface area contributed by atoms with Gasteiger partial charge >= 0.3 is 5.97 Å². The average Bonchev–Trinajstić information content (AvgIpc) is 2.27. The maximum atomic E-state index is 11.3. The van der Waals surface area contributed by atoms with Crippen LogP contribution in [0.15, 0.2) is 24.3 Å². The maximum absolute atomic E-state index is 11.3. The molecule has 16 heavy (non-hydrogen) atoms. The molecule has 86 valence electrons. The van der Waals surface area contributed by atoms with Gasteiger partial charge in [0, 0.05) is 19.1 Å². The molecule has 0 saturated heterocycles. The van der Waals surface area contributed by atoms with Crippen LogP contribution < -0.4 is 0 Å². The fourth-order valence-electron chi connectivity index (χ4n) is 2.24. The molecule has 2 rings (SSSR count). The Labute approximate surface area is 95.7 Å². The third kappa shape index (κ3) is 1.95. The summed E-state index contributed by atoms with van der Waals surface area (Å²) in [4.78, 5) is 13.5. The molecule has 0 radical (unpaired) electrons. The Morgan fingerprint density at radius 3 is 2.75 bits per heavy atom. The highest BCUT2D eigenvalue weighted by Crippen LogP contribution is 2.29. The minimum atomic E-state index is -0.724. The van der Waals surface area contributed by atoms with E-state index in [1.54, 1.807) is 0 Å². The van der Waals surface area contributed by atoms with Crippen LogP contribution in [0, 0.1) is 0 Å². The third-order valence-electron chi connectivity index (χ3n) is 3.25. The van der Waals surface area contributed by atoms with Crippen molar-refractivity contribution in [2.45, 2.75) is 32.4 Å². The van der Waals surface area contributed by atoms with Crippen LogP contribution in [-0.4, -0.2) is 28.6 Å². The van der Waals surface area contributed by atoms with Gasteiger partial charge in [0.1, 0.15) is 0 Å². The van der Waals surface area contributed by atoms with Crippen molar-refractivity contribution in [2.24, 2.45) is 0 Å². The first kappa shape index (κ1) is 11.1. The first-order valence-electron chi connectivity index (χ1n) is 5.64. The van der Waals surface area contributed by atoms with Crippen LogP contribution in [0.25, 0.3) is 0 Å². The zero-order valence-electron chi connectivity index (χ0n) is 9.68. The molecule has 3 heteroatoms. The molecule has 0 saturated carbocycles. The number of aliphatic carboxylic acids is 1. The molecular formula is C13H17NO2. The van der Waals surface area contributed by atoms with E-state index in [4.69, 9.17) is 0 Å². The monoisotopic (exact) mass is 219 g/mol. The zero-order valence-corrected chi connectivity index (χ0v) is 9.68. The van der Waals surface area contributed by atoms with E-state index in [-0.39, 0.29) is 5.92 Å². The summed E-state index contributed by atoms with van der Waals surface area (Å²) < 4.78 is 0. The molecule has 1 aliphatic heterocycles. The first-order valence-corrected chi connectivity index (χ1v) is 5.64. The number of carboxylic acid groups (broad SMARTS) is 1. The SMILES string of the molecule is CC(C)N1Cc2ccccc2C(C(=O)O)C1. The van der Waals surface area contributed by atoms with Gasteiger partial charge in [-0.25, -0.2) is 0 Å². The Hall–Kier alpha value is -1.35. The van der Waals surface area contributed by atoms with Crippen molar-refractivity contribution in [1.29, 1.82) is 0 Å². The van der Waals surface area contributed by atoms with E-state index in [9.17, 15) is 9.90 Å². The number of hydrogen-bond acceptors (Lipinski definition) is 2. The van der Waals surface area contributed by atoms with Gasteiger partial charge in [-0.05, 0) is 25.0 Å². The van der Waals surface area contributed by atoms with E-state index >= 15 is 0 Å². The van der Waals surface area contributed by atoms with Crippen molar-refractivity contribution < 1.29 is 9.90 Å². The van der Waals surface area contributed by atoms with Crippen molar-refractivity contribution in [3.8, 4) is 0 Å². The van der Waals surface area contributed by atoms with Crippen molar-refractivity contribution >= 4 is 5.97 Å². The molecule has 0 bridgehead atoms. The number of nitrogens with zero attached hydrogens (tertiary/aromatic N) is 1. The number of hydrogen-bond donors (Lipinski definition) is 1. The number of benzene rings is 1. The Morgan fingerprint density at radius 1 is 1.44 bits per heavy atom. The zero-order chi connectivity index (χ0) is 11.7. The van der Waals surface area contributed by atoms with E-state index in [0.717, 1.165) is 17.7 Å². The highest BCUT2D eigenvalue weighted by molar-refractivity contribution is 5.77. The molecule has 0 fully saturated rings. The molecule has 0 spiro atoms. The van der Waals surface area contributed by atoms with Gasteiger partial charge < -0.3 is 5.11 Å². The second-order valence-corrected chi connectivity index (χ2v) is 4.61. The fourth-order valence-corrected chi connectivity index (χ4v) is 2.24. The van der Waals surface area contributed by atoms with Gasteiger partial charge in [-0.3, -0.25) is 9.69 Å². The number of carbonyl (C=O) groups is 1. The van der Waals surface area contributed by atoms with E-state index in [1.165, 1.54) is 0 Å². The highest BCUT2D eigenvalue weighted by Gasteiger charge is 2.30. The fraction of sp³-hybridized carbons (Fsp3) is 0.462. The molecule has 1 aromatic rings. The van der Waals surface area contributed by atoms with Crippen LogP contribution in [0.2, 0.25) is 0 Å². The van der Waals surface area contributed by atoms with E-state index in [1.807, 2.05) is 24.3 Å². The molecule has 1 aliphatic rings. The Balaban J connectivity index is 2.37. The molecule has 1 unspecified atom stereocenters. The smallest absolute Gasteiger partial charge is 0.312 e. The van der Waals surface area contributed by atoms with Crippen LogP contribution in [-0.2, 0) is 11.3 Å². The lowest BCUT2D eigenvalue weighted by Crippen LogP contribution is -2.40. The van der Waals surface area contributed by atoms with Crippen LogP contribution >= 0.6 is 0 Å². The van der Waals surface area contributed by atoms with Gasteiger partial charge in [0.25, 0.3) is 0 Å². The van der Waals surface area contributed by atoms with Gasteiger partial charge in [0.05, 0.1) is 5.92 Å². The van der Waals surface area contributed by atoms with Crippen molar-refractivity contribution in [3.05, 3.63) is 35.4 Å². The lowest BCUT2D eigenvalue weighted by Gasteiger charge is -2.35. The van der Waals surface area contributed by atoms with Crippen LogP contribution in [0.4, 0.5) is 0 Å². The Morgan fingerprint density at radius 2 is 2.12 bits per heavy atom. The van der Waals surface area contributed by atoms with Gasteiger partial charge in [0.15, 0.2) is 0 Å². The number of fused-ring (bicyclic) bond motifs is 1. The van der Waals surface area contributed by atoms with Crippen LogP contribution in [0.3, 0.4) is 0 Å². The molecule has 1 heterocycles. The van der Waals surface area contributed by atoms with Gasteiger partial charge in [0.2, 0.25) is 0 Å². The summed E-state index contributed by atoms with van der Waals surface area (Å²) in [5.41, 5.74) is 2.13. The lowest BCUT2D eigenvalue weighted by molar-refractivity contribution is -0.139. The van der Waals surface area contributed by atoms with Gasteiger partial charge in [-0.2, -0.15) is 0 Å². The van der Waals surface area contributed by atoms with Crippen molar-refractivity contribution in [1.82, 2.24) is 4.90 Å². The second kappa shape index (κ2) is 4.26. The van der Waals surface area contributed by atoms with Crippen molar-refractivity contribution in [2.75, 3.05) is 6.54 Å². The topological polar surface area (TPSA) is 40.5 Å². The maximum Gasteiger partial charge on any atom is 0.312 e. The molecular weight excluding hydrogens is 202 g/mol. The minimum absolute atomic E-state index is 0.382. The normalized spacial score (nSPS) is 20.8. The predicted molar refractivity (Wildman–Crippen MR) is 62.4 cm³/mol.